The zero-order chi connectivity index (χ0) is 19.8. The molecule has 3 aromatic rings. The van der Waals surface area contributed by atoms with Gasteiger partial charge in [-0.05, 0) is 35.6 Å². The SMILES string of the molecule is Nc1nc(C2(c3ccccc3)CCN(C(=O)c3cccc4c3COC4)CC2)cs1. The first-order valence-electron chi connectivity index (χ1n) is 9.92. The van der Waals surface area contributed by atoms with Gasteiger partial charge in [-0.15, -0.1) is 11.3 Å². The summed E-state index contributed by atoms with van der Waals surface area (Å²) >= 11 is 1.48. The normalized spacial score (nSPS) is 17.9. The Morgan fingerprint density at radius 3 is 2.59 bits per heavy atom. The molecule has 1 fully saturated rings. The largest absolute Gasteiger partial charge is 0.375 e. The Hall–Kier alpha value is -2.70. The Morgan fingerprint density at radius 2 is 1.86 bits per heavy atom. The highest BCUT2D eigenvalue weighted by Crippen LogP contribution is 2.42. The number of thiazole rings is 1. The van der Waals surface area contributed by atoms with E-state index >= 15 is 0 Å². The van der Waals surface area contributed by atoms with Gasteiger partial charge in [0.1, 0.15) is 0 Å². The molecule has 0 bridgehead atoms. The second-order valence-corrected chi connectivity index (χ2v) is 8.64. The minimum atomic E-state index is -0.200. The Balaban J connectivity index is 1.43. The third-order valence-corrected chi connectivity index (χ3v) is 6.92. The highest BCUT2D eigenvalue weighted by Gasteiger charge is 2.41. The molecule has 0 saturated carbocycles. The molecule has 0 atom stereocenters. The Kier molecular flexibility index (Phi) is 4.60. The number of fused-ring (bicyclic) bond motifs is 1. The predicted molar refractivity (Wildman–Crippen MR) is 114 cm³/mol. The van der Waals surface area contributed by atoms with Crippen LogP contribution in [-0.4, -0.2) is 28.9 Å². The summed E-state index contributed by atoms with van der Waals surface area (Å²) in [5, 5.41) is 2.66. The molecule has 0 radical (unpaired) electrons. The maximum Gasteiger partial charge on any atom is 0.254 e. The van der Waals surface area contributed by atoms with Gasteiger partial charge in [-0.3, -0.25) is 4.79 Å². The van der Waals surface area contributed by atoms with Crippen molar-refractivity contribution in [2.24, 2.45) is 0 Å². The third kappa shape index (κ3) is 3.12. The molecule has 0 spiro atoms. The van der Waals surface area contributed by atoms with Gasteiger partial charge in [0.2, 0.25) is 0 Å². The number of piperidine rings is 1. The maximum atomic E-state index is 13.3. The number of benzene rings is 2. The molecule has 2 aliphatic rings. The number of amides is 1. The van der Waals surface area contributed by atoms with Crippen LogP contribution >= 0.6 is 11.3 Å². The van der Waals surface area contributed by atoms with E-state index in [2.05, 4.69) is 34.6 Å². The Bertz CT molecular complexity index is 1040. The lowest BCUT2D eigenvalue weighted by Gasteiger charge is -2.41. The number of ether oxygens (including phenoxy) is 1. The summed E-state index contributed by atoms with van der Waals surface area (Å²) in [7, 11) is 0. The second kappa shape index (κ2) is 7.28. The average Bonchev–Trinajstić information content (AvgIpc) is 3.43. The summed E-state index contributed by atoms with van der Waals surface area (Å²) in [6.07, 6.45) is 1.66. The fraction of sp³-hybridized carbons (Fsp3) is 0.304. The van der Waals surface area contributed by atoms with Gasteiger partial charge in [0.15, 0.2) is 5.13 Å². The minimum absolute atomic E-state index is 0.104. The zero-order valence-electron chi connectivity index (χ0n) is 16.1. The first-order chi connectivity index (χ1) is 14.2. The third-order valence-electron chi connectivity index (χ3n) is 6.25. The molecule has 6 heteroatoms. The number of aromatic nitrogens is 1. The number of hydrogen-bond acceptors (Lipinski definition) is 5. The molecule has 148 valence electrons. The van der Waals surface area contributed by atoms with Crippen LogP contribution in [0, 0.1) is 0 Å². The van der Waals surface area contributed by atoms with E-state index in [1.54, 1.807) is 0 Å². The lowest BCUT2D eigenvalue weighted by atomic mass is 9.70. The van der Waals surface area contributed by atoms with Crippen LogP contribution in [0.5, 0.6) is 0 Å². The van der Waals surface area contributed by atoms with Crippen LogP contribution in [0.25, 0.3) is 0 Å². The van der Waals surface area contributed by atoms with Gasteiger partial charge in [0.25, 0.3) is 5.91 Å². The summed E-state index contributed by atoms with van der Waals surface area (Å²) in [4.78, 5) is 19.9. The number of nitrogens with zero attached hydrogens (tertiary/aromatic N) is 2. The van der Waals surface area contributed by atoms with E-state index in [-0.39, 0.29) is 11.3 Å². The number of carbonyl (C=O) groups excluding carboxylic acids is 1. The van der Waals surface area contributed by atoms with Gasteiger partial charge in [-0.1, -0.05) is 42.5 Å². The van der Waals surface area contributed by atoms with Crippen LogP contribution in [0.1, 0.15) is 45.6 Å². The van der Waals surface area contributed by atoms with E-state index < -0.39 is 0 Å². The maximum absolute atomic E-state index is 13.3. The van der Waals surface area contributed by atoms with Crippen molar-refractivity contribution >= 4 is 22.4 Å². The number of likely N-dealkylation sites (tertiary alicyclic amines) is 1. The lowest BCUT2D eigenvalue weighted by molar-refractivity contribution is 0.0680. The zero-order valence-corrected chi connectivity index (χ0v) is 17.0. The average molecular weight is 406 g/mol. The van der Waals surface area contributed by atoms with Crippen LogP contribution in [-0.2, 0) is 23.4 Å². The summed E-state index contributed by atoms with van der Waals surface area (Å²) in [5.41, 5.74) is 11.0. The fourth-order valence-corrected chi connectivity index (χ4v) is 5.28. The summed E-state index contributed by atoms with van der Waals surface area (Å²) < 4.78 is 5.55. The lowest BCUT2D eigenvalue weighted by Crippen LogP contribution is -2.46. The molecular formula is C23H23N3O2S. The number of carbonyl (C=O) groups is 1. The van der Waals surface area contributed by atoms with Gasteiger partial charge in [-0.25, -0.2) is 4.98 Å². The first kappa shape index (κ1) is 18.3. The Morgan fingerprint density at radius 1 is 1.07 bits per heavy atom. The molecule has 29 heavy (non-hydrogen) atoms. The molecule has 1 amide bonds. The highest BCUT2D eigenvalue weighted by molar-refractivity contribution is 7.13. The van der Waals surface area contributed by atoms with Gasteiger partial charge < -0.3 is 15.4 Å². The molecule has 2 aromatic carbocycles. The molecule has 1 saturated heterocycles. The van der Waals surface area contributed by atoms with E-state index in [0.29, 0.717) is 31.4 Å². The number of nitrogens with two attached hydrogens (primary N) is 1. The number of anilines is 1. The first-order valence-corrected chi connectivity index (χ1v) is 10.8. The molecule has 2 aliphatic heterocycles. The minimum Gasteiger partial charge on any atom is -0.375 e. The van der Waals surface area contributed by atoms with Crippen molar-refractivity contribution in [1.29, 1.82) is 0 Å². The molecule has 5 nitrogen and oxygen atoms in total. The second-order valence-electron chi connectivity index (χ2n) is 7.75. The molecule has 0 unspecified atom stereocenters. The van der Waals surface area contributed by atoms with Crippen molar-refractivity contribution in [3.05, 3.63) is 81.9 Å². The van der Waals surface area contributed by atoms with Crippen molar-refractivity contribution in [3.8, 4) is 0 Å². The summed E-state index contributed by atoms with van der Waals surface area (Å²) in [5.74, 6) is 0.104. The van der Waals surface area contributed by atoms with Crippen molar-refractivity contribution < 1.29 is 9.53 Å². The number of hydrogen-bond donors (Lipinski definition) is 1. The van der Waals surface area contributed by atoms with E-state index in [1.807, 2.05) is 29.2 Å². The van der Waals surface area contributed by atoms with Crippen LogP contribution in [0.15, 0.2) is 53.9 Å². The Labute approximate surface area is 174 Å². The summed E-state index contributed by atoms with van der Waals surface area (Å²) in [6.45, 7) is 2.50. The van der Waals surface area contributed by atoms with E-state index in [1.165, 1.54) is 16.9 Å². The van der Waals surface area contributed by atoms with Crippen LogP contribution in [0.3, 0.4) is 0 Å². The number of rotatable bonds is 3. The molecule has 0 aliphatic carbocycles. The van der Waals surface area contributed by atoms with Crippen molar-refractivity contribution in [2.75, 3.05) is 18.8 Å². The highest BCUT2D eigenvalue weighted by atomic mass is 32.1. The molecule has 5 rings (SSSR count). The summed E-state index contributed by atoms with van der Waals surface area (Å²) in [6, 6.07) is 16.4. The van der Waals surface area contributed by atoms with Gasteiger partial charge in [-0.2, -0.15) is 0 Å². The van der Waals surface area contributed by atoms with Crippen molar-refractivity contribution in [2.45, 2.75) is 31.5 Å². The van der Waals surface area contributed by atoms with Gasteiger partial charge in [0.05, 0.1) is 18.9 Å². The molecule has 2 N–H and O–H groups in total. The fourth-order valence-electron chi connectivity index (χ4n) is 4.62. The predicted octanol–water partition coefficient (Wildman–Crippen LogP) is 3.98. The quantitative estimate of drug-likeness (QED) is 0.716. The van der Waals surface area contributed by atoms with Gasteiger partial charge >= 0.3 is 0 Å². The topological polar surface area (TPSA) is 68.5 Å². The van der Waals surface area contributed by atoms with Crippen LogP contribution < -0.4 is 5.73 Å². The van der Waals surface area contributed by atoms with Gasteiger partial charge in [0, 0.05) is 29.4 Å². The van der Waals surface area contributed by atoms with Crippen LogP contribution in [0.4, 0.5) is 5.13 Å². The van der Waals surface area contributed by atoms with Crippen LogP contribution in [0.2, 0.25) is 0 Å². The number of nitrogen functional groups attached to an aromatic ring is 1. The van der Waals surface area contributed by atoms with E-state index in [4.69, 9.17) is 10.5 Å². The molecule has 1 aromatic heterocycles. The van der Waals surface area contributed by atoms with E-state index in [9.17, 15) is 4.79 Å². The van der Waals surface area contributed by atoms with E-state index in [0.717, 1.165) is 35.2 Å². The van der Waals surface area contributed by atoms with Crippen molar-refractivity contribution in [1.82, 2.24) is 9.88 Å². The standard InChI is InChI=1S/C23H23N3O2S/c24-22-25-20(15-29-22)23(17-6-2-1-3-7-17)9-11-26(12-10-23)21(27)18-8-4-5-16-13-28-14-19(16)18/h1-8,15H,9-14H2,(H2,24,25). The monoisotopic (exact) mass is 405 g/mol. The molecular weight excluding hydrogens is 382 g/mol. The smallest absolute Gasteiger partial charge is 0.254 e. The molecule has 3 heterocycles. The van der Waals surface area contributed by atoms with Crippen molar-refractivity contribution in [3.63, 3.8) is 0 Å².